The number of hydrogen-bond acceptors (Lipinski definition) is 4. The van der Waals surface area contributed by atoms with Crippen molar-refractivity contribution in [2.75, 3.05) is 11.4 Å². The summed E-state index contributed by atoms with van der Waals surface area (Å²) in [6, 6.07) is 1.47. The second-order valence-electron chi connectivity index (χ2n) is 3.64. The Kier molecular flexibility index (Phi) is 2.67. The highest BCUT2D eigenvalue weighted by Gasteiger charge is 2.30. The number of fused-ring (bicyclic) bond motifs is 1. The molecule has 0 aliphatic carbocycles. The Morgan fingerprint density at radius 3 is 2.88 bits per heavy atom. The molecule has 1 amide bonds. The number of amides is 1. The van der Waals surface area contributed by atoms with Crippen molar-refractivity contribution in [3.8, 4) is 0 Å². The van der Waals surface area contributed by atoms with Gasteiger partial charge in [0.15, 0.2) is 0 Å². The van der Waals surface area contributed by atoms with Gasteiger partial charge < -0.3 is 9.52 Å². The third-order valence-electron chi connectivity index (χ3n) is 2.28. The van der Waals surface area contributed by atoms with Crippen LogP contribution in [0.3, 0.4) is 0 Å². The number of carboxylic acids is 1. The van der Waals surface area contributed by atoms with Crippen molar-refractivity contribution in [3.63, 3.8) is 0 Å². The van der Waals surface area contributed by atoms with E-state index in [0.717, 1.165) is 0 Å². The summed E-state index contributed by atoms with van der Waals surface area (Å²) in [6.45, 7) is 3.96. The molecule has 2 rings (SSSR count). The number of thioether (sulfide) groups is 1. The van der Waals surface area contributed by atoms with Crippen LogP contribution in [0.4, 0.5) is 5.88 Å². The second-order valence-corrected chi connectivity index (χ2v) is 5.12. The number of carbonyl (C=O) groups is 2. The van der Waals surface area contributed by atoms with E-state index in [1.54, 1.807) is 0 Å². The number of aromatic carboxylic acids is 1. The summed E-state index contributed by atoms with van der Waals surface area (Å²) in [6.07, 6.45) is 0. The molecule has 0 saturated carbocycles. The lowest BCUT2D eigenvalue weighted by atomic mass is 10.3. The molecular weight excluding hydrogens is 230 g/mol. The van der Waals surface area contributed by atoms with Crippen molar-refractivity contribution in [3.05, 3.63) is 11.8 Å². The maximum Gasteiger partial charge on any atom is 0.371 e. The number of anilines is 1. The lowest BCUT2D eigenvalue weighted by Gasteiger charge is -2.27. The first-order valence-corrected chi connectivity index (χ1v) is 5.69. The normalized spacial score (nSPS) is 19.4. The Bertz CT molecular complexity index is 454. The first-order valence-electron chi connectivity index (χ1n) is 4.81. The van der Waals surface area contributed by atoms with E-state index in [1.165, 1.54) is 29.7 Å². The fraction of sp³-hybridized carbons (Fsp3) is 0.400. The number of carboxylic acid groups (broad SMARTS) is 1. The maximum absolute atomic E-state index is 11.4. The Hall–Kier alpha value is -1.43. The zero-order valence-corrected chi connectivity index (χ0v) is 9.71. The van der Waals surface area contributed by atoms with Gasteiger partial charge in [-0.25, -0.2) is 4.79 Å². The zero-order chi connectivity index (χ0) is 11.9. The molecule has 1 aliphatic rings. The van der Waals surface area contributed by atoms with Crippen LogP contribution in [0.2, 0.25) is 0 Å². The van der Waals surface area contributed by atoms with Crippen LogP contribution in [0.15, 0.2) is 15.4 Å². The average Bonchev–Trinajstić information content (AvgIpc) is 2.59. The van der Waals surface area contributed by atoms with Gasteiger partial charge in [-0.1, -0.05) is 6.92 Å². The highest BCUT2D eigenvalue weighted by molar-refractivity contribution is 8.00. The number of carbonyl (C=O) groups excluding carboxylic acids is 1. The average molecular weight is 241 g/mol. The summed E-state index contributed by atoms with van der Waals surface area (Å²) in [4.78, 5) is 24.4. The Morgan fingerprint density at radius 2 is 2.31 bits per heavy atom. The van der Waals surface area contributed by atoms with Gasteiger partial charge in [-0.15, -0.1) is 11.8 Å². The van der Waals surface area contributed by atoms with Crippen LogP contribution in [0.25, 0.3) is 0 Å². The van der Waals surface area contributed by atoms with E-state index < -0.39 is 5.97 Å². The van der Waals surface area contributed by atoms with Gasteiger partial charge in [0.2, 0.25) is 17.6 Å². The molecule has 5 nitrogen and oxygen atoms in total. The molecule has 0 radical (unpaired) electrons. The third-order valence-corrected chi connectivity index (χ3v) is 3.38. The lowest BCUT2D eigenvalue weighted by Crippen LogP contribution is -2.36. The summed E-state index contributed by atoms with van der Waals surface area (Å²) in [5.74, 6) is -1.03. The molecule has 0 spiro atoms. The minimum absolute atomic E-state index is 0.127. The van der Waals surface area contributed by atoms with Crippen molar-refractivity contribution in [2.24, 2.45) is 0 Å². The van der Waals surface area contributed by atoms with Crippen LogP contribution in [-0.2, 0) is 4.79 Å². The summed E-state index contributed by atoms with van der Waals surface area (Å²) in [5.41, 5.74) is 0. The largest absolute Gasteiger partial charge is 0.475 e. The fourth-order valence-electron chi connectivity index (χ4n) is 1.61. The number of hydrogen-bond donors (Lipinski definition) is 1. The second kappa shape index (κ2) is 3.86. The number of nitrogens with zero attached hydrogens (tertiary/aromatic N) is 1. The molecule has 0 aromatic carbocycles. The van der Waals surface area contributed by atoms with Crippen molar-refractivity contribution in [2.45, 2.75) is 24.0 Å². The SMILES string of the molecule is CC(=O)N1CC(C)Sc2cc(C(=O)O)oc21. The molecule has 1 atom stereocenters. The summed E-state index contributed by atoms with van der Waals surface area (Å²) < 4.78 is 5.17. The third kappa shape index (κ3) is 1.80. The summed E-state index contributed by atoms with van der Waals surface area (Å²) >= 11 is 1.52. The Balaban J connectivity index is 2.45. The van der Waals surface area contributed by atoms with Crippen LogP contribution >= 0.6 is 11.8 Å². The van der Waals surface area contributed by atoms with E-state index in [0.29, 0.717) is 17.3 Å². The minimum atomic E-state index is -1.12. The zero-order valence-electron chi connectivity index (χ0n) is 8.89. The molecule has 1 aromatic heterocycles. The lowest BCUT2D eigenvalue weighted by molar-refractivity contribution is -0.116. The maximum atomic E-state index is 11.4. The van der Waals surface area contributed by atoms with E-state index in [-0.39, 0.29) is 16.9 Å². The number of rotatable bonds is 1. The Labute approximate surface area is 96.4 Å². The molecule has 0 fully saturated rings. The molecule has 1 N–H and O–H groups in total. The predicted molar refractivity (Wildman–Crippen MR) is 59.0 cm³/mol. The van der Waals surface area contributed by atoms with Crippen LogP contribution in [0.1, 0.15) is 24.4 Å². The van der Waals surface area contributed by atoms with Crippen molar-refractivity contribution in [1.29, 1.82) is 0 Å². The van der Waals surface area contributed by atoms with E-state index in [9.17, 15) is 9.59 Å². The highest BCUT2D eigenvalue weighted by Crippen LogP contribution is 2.40. The van der Waals surface area contributed by atoms with Crippen LogP contribution in [-0.4, -0.2) is 28.8 Å². The molecular formula is C10H11NO4S. The van der Waals surface area contributed by atoms with Crippen molar-refractivity contribution in [1.82, 2.24) is 0 Å². The monoisotopic (exact) mass is 241 g/mol. The summed E-state index contributed by atoms with van der Waals surface area (Å²) in [5, 5.41) is 9.05. The highest BCUT2D eigenvalue weighted by atomic mass is 32.2. The summed E-state index contributed by atoms with van der Waals surface area (Å²) in [7, 11) is 0. The predicted octanol–water partition coefficient (Wildman–Crippen LogP) is 1.82. The quantitative estimate of drug-likeness (QED) is 0.812. The fourth-order valence-corrected chi connectivity index (χ4v) is 2.69. The van der Waals surface area contributed by atoms with Crippen LogP contribution in [0.5, 0.6) is 0 Å². The Morgan fingerprint density at radius 1 is 1.62 bits per heavy atom. The first kappa shape index (κ1) is 11.1. The van der Waals surface area contributed by atoms with Crippen LogP contribution < -0.4 is 4.90 Å². The smallest absolute Gasteiger partial charge is 0.371 e. The van der Waals surface area contributed by atoms with Gasteiger partial charge in [-0.05, 0) is 0 Å². The molecule has 86 valence electrons. The molecule has 1 aromatic rings. The van der Waals surface area contributed by atoms with Crippen molar-refractivity contribution < 1.29 is 19.1 Å². The van der Waals surface area contributed by atoms with E-state index in [1.807, 2.05) is 6.92 Å². The molecule has 0 bridgehead atoms. The van der Waals surface area contributed by atoms with Gasteiger partial charge in [-0.3, -0.25) is 9.69 Å². The van der Waals surface area contributed by atoms with Gasteiger partial charge >= 0.3 is 5.97 Å². The number of furan rings is 1. The van der Waals surface area contributed by atoms with E-state index in [4.69, 9.17) is 9.52 Å². The van der Waals surface area contributed by atoms with Crippen LogP contribution in [0, 0.1) is 0 Å². The van der Waals surface area contributed by atoms with E-state index >= 15 is 0 Å². The van der Waals surface area contributed by atoms with Gasteiger partial charge in [0.05, 0.1) is 4.90 Å². The van der Waals surface area contributed by atoms with Gasteiger partial charge in [-0.2, -0.15) is 0 Å². The van der Waals surface area contributed by atoms with Gasteiger partial charge in [0.1, 0.15) is 0 Å². The molecule has 2 heterocycles. The van der Waals surface area contributed by atoms with Gasteiger partial charge in [0.25, 0.3) is 0 Å². The van der Waals surface area contributed by atoms with Gasteiger partial charge in [0, 0.05) is 24.8 Å². The molecule has 1 aliphatic heterocycles. The first-order chi connectivity index (χ1) is 7.49. The van der Waals surface area contributed by atoms with Crippen molar-refractivity contribution >= 4 is 29.5 Å². The minimum Gasteiger partial charge on any atom is -0.475 e. The molecule has 1 unspecified atom stereocenters. The van der Waals surface area contributed by atoms with E-state index in [2.05, 4.69) is 0 Å². The standard InChI is InChI=1S/C10H11NO4S/c1-5-4-11(6(2)12)9-8(16-5)3-7(15-9)10(13)14/h3,5H,4H2,1-2H3,(H,13,14). The molecule has 6 heteroatoms. The molecule has 16 heavy (non-hydrogen) atoms. The topological polar surface area (TPSA) is 70.8 Å². The molecule has 0 saturated heterocycles.